The van der Waals surface area contributed by atoms with Crippen molar-refractivity contribution in [3.05, 3.63) is 67.5 Å². The second-order valence-electron chi connectivity index (χ2n) is 5.09. The van der Waals surface area contributed by atoms with Crippen LogP contribution in [0.1, 0.15) is 11.1 Å². The molecule has 0 radical (unpaired) electrons. The van der Waals surface area contributed by atoms with Crippen LogP contribution in [-0.2, 0) is 4.79 Å². The average Bonchev–Trinajstić information content (AvgIpc) is 2.80. The van der Waals surface area contributed by atoms with Crippen LogP contribution in [0.3, 0.4) is 0 Å². The lowest BCUT2D eigenvalue weighted by molar-refractivity contribution is -0.113. The van der Waals surface area contributed by atoms with E-state index in [0.29, 0.717) is 35.5 Å². The van der Waals surface area contributed by atoms with Gasteiger partial charge in [0.05, 0.1) is 10.6 Å². The summed E-state index contributed by atoms with van der Waals surface area (Å²) >= 11 is 25.1. The Balaban J connectivity index is 2.00. The van der Waals surface area contributed by atoms with E-state index < -0.39 is 0 Å². The fraction of sp³-hybridized carbons (Fsp3) is 0.0588. The van der Waals surface area contributed by atoms with Crippen LogP contribution in [0.25, 0.3) is 6.08 Å². The van der Waals surface area contributed by atoms with Crippen molar-refractivity contribution in [2.24, 2.45) is 0 Å². The summed E-state index contributed by atoms with van der Waals surface area (Å²) in [5, 5.41) is 1.54. The summed E-state index contributed by atoms with van der Waals surface area (Å²) < 4.78 is 0.439. The van der Waals surface area contributed by atoms with Gasteiger partial charge < -0.3 is 0 Å². The largest absolute Gasteiger partial charge is 0.270 e. The molecule has 0 aliphatic carbocycles. The first-order valence-corrected chi connectivity index (χ1v) is 9.22. The molecule has 1 saturated heterocycles. The van der Waals surface area contributed by atoms with E-state index in [9.17, 15) is 4.79 Å². The number of thiocarbonyl (C=S) groups is 1. The molecule has 24 heavy (non-hydrogen) atoms. The number of carbonyl (C=O) groups excluding carboxylic acids is 1. The van der Waals surface area contributed by atoms with Crippen molar-refractivity contribution in [2.45, 2.75) is 6.92 Å². The lowest BCUT2D eigenvalue weighted by Crippen LogP contribution is -2.27. The van der Waals surface area contributed by atoms with Gasteiger partial charge in [-0.25, -0.2) is 0 Å². The molecule has 0 N–H and O–H groups in total. The molecule has 1 aliphatic rings. The fourth-order valence-corrected chi connectivity index (χ4v) is 4.15. The zero-order valence-corrected chi connectivity index (χ0v) is 16.2. The van der Waals surface area contributed by atoms with Gasteiger partial charge in [-0.2, -0.15) is 0 Å². The molecule has 2 aromatic carbocycles. The van der Waals surface area contributed by atoms with Gasteiger partial charge in [0.15, 0.2) is 4.32 Å². The molecule has 0 aromatic heterocycles. The first-order valence-electron chi connectivity index (χ1n) is 6.86. The molecule has 1 amide bonds. The molecule has 1 aliphatic heterocycles. The Kier molecular flexibility index (Phi) is 5.23. The number of halogens is 3. The van der Waals surface area contributed by atoms with E-state index in [1.807, 2.05) is 19.1 Å². The number of hydrogen-bond acceptors (Lipinski definition) is 3. The zero-order chi connectivity index (χ0) is 17.4. The monoisotopic (exact) mass is 413 g/mol. The van der Waals surface area contributed by atoms with Gasteiger partial charge in [-0.1, -0.05) is 70.9 Å². The van der Waals surface area contributed by atoms with Crippen LogP contribution >= 0.6 is 58.8 Å². The Morgan fingerprint density at radius 1 is 1.08 bits per heavy atom. The average molecular weight is 415 g/mol. The van der Waals surface area contributed by atoms with Crippen LogP contribution in [0.15, 0.2) is 41.3 Å². The van der Waals surface area contributed by atoms with Crippen molar-refractivity contribution in [2.75, 3.05) is 4.90 Å². The van der Waals surface area contributed by atoms with Crippen LogP contribution in [0.4, 0.5) is 5.69 Å². The van der Waals surface area contributed by atoms with E-state index in [1.54, 1.807) is 30.3 Å². The van der Waals surface area contributed by atoms with Gasteiger partial charge in [0.25, 0.3) is 5.91 Å². The van der Waals surface area contributed by atoms with Crippen LogP contribution in [0.5, 0.6) is 0 Å². The highest BCUT2D eigenvalue weighted by atomic mass is 35.5. The number of carbonyl (C=O) groups is 1. The summed E-state index contributed by atoms with van der Waals surface area (Å²) in [7, 11) is 0. The Labute approximate surface area is 164 Å². The van der Waals surface area contributed by atoms with Crippen molar-refractivity contribution in [1.29, 1.82) is 0 Å². The summed E-state index contributed by atoms with van der Waals surface area (Å²) in [6.45, 7) is 1.90. The van der Waals surface area contributed by atoms with E-state index in [0.717, 1.165) is 5.56 Å². The van der Waals surface area contributed by atoms with Crippen molar-refractivity contribution in [3.8, 4) is 0 Å². The van der Waals surface area contributed by atoms with E-state index >= 15 is 0 Å². The van der Waals surface area contributed by atoms with E-state index in [4.69, 9.17) is 47.0 Å². The highest BCUT2D eigenvalue weighted by Crippen LogP contribution is 2.38. The summed E-state index contributed by atoms with van der Waals surface area (Å²) in [4.78, 5) is 14.7. The maximum absolute atomic E-state index is 12.8. The first kappa shape index (κ1) is 17.8. The molecule has 3 rings (SSSR count). The molecular weight excluding hydrogens is 405 g/mol. The van der Waals surface area contributed by atoms with Gasteiger partial charge in [-0.05, 0) is 42.8 Å². The molecule has 0 saturated carbocycles. The minimum atomic E-state index is -0.221. The Bertz CT molecular complexity index is 875. The summed E-state index contributed by atoms with van der Waals surface area (Å²) in [6, 6.07) is 10.6. The summed E-state index contributed by atoms with van der Waals surface area (Å²) in [5.41, 5.74) is 2.18. The molecular formula is C17H10Cl3NOS2. The third-order valence-corrected chi connectivity index (χ3v) is 5.85. The van der Waals surface area contributed by atoms with Crippen molar-refractivity contribution < 1.29 is 4.79 Å². The number of rotatable bonds is 2. The van der Waals surface area contributed by atoms with Crippen molar-refractivity contribution >= 4 is 80.8 Å². The number of nitrogens with zero attached hydrogens (tertiary/aromatic N) is 1. The van der Waals surface area contributed by atoms with Gasteiger partial charge in [0.2, 0.25) is 0 Å². The van der Waals surface area contributed by atoms with Crippen LogP contribution < -0.4 is 4.90 Å². The molecule has 122 valence electrons. The standard InChI is InChI=1S/C17H10Cl3NOS2/c1-9-5-6-10(7-14(9)20)21-16(22)15(24-17(21)23)8-11-12(18)3-2-4-13(11)19/h2-8H,1H3. The maximum atomic E-state index is 12.8. The van der Waals surface area contributed by atoms with Crippen molar-refractivity contribution in [3.63, 3.8) is 0 Å². The van der Waals surface area contributed by atoms with Crippen molar-refractivity contribution in [1.82, 2.24) is 0 Å². The van der Waals surface area contributed by atoms with Crippen LogP contribution in [0.2, 0.25) is 15.1 Å². The second kappa shape index (κ2) is 7.06. The molecule has 0 atom stereocenters. The number of thioether (sulfide) groups is 1. The third-order valence-electron chi connectivity index (χ3n) is 3.48. The highest BCUT2D eigenvalue weighted by molar-refractivity contribution is 8.27. The maximum Gasteiger partial charge on any atom is 0.270 e. The lowest BCUT2D eigenvalue weighted by Gasteiger charge is -2.15. The highest BCUT2D eigenvalue weighted by Gasteiger charge is 2.33. The molecule has 0 unspecified atom stereocenters. The number of aryl methyl sites for hydroxylation is 1. The predicted molar refractivity (Wildman–Crippen MR) is 108 cm³/mol. The van der Waals surface area contributed by atoms with Gasteiger partial charge in [-0.15, -0.1) is 0 Å². The van der Waals surface area contributed by atoms with Crippen LogP contribution in [0, 0.1) is 6.92 Å². The second-order valence-corrected chi connectivity index (χ2v) is 7.98. The van der Waals surface area contributed by atoms with E-state index in [2.05, 4.69) is 0 Å². The third kappa shape index (κ3) is 3.35. The SMILES string of the molecule is Cc1ccc(N2C(=O)C(=Cc3c(Cl)cccc3Cl)SC2=S)cc1Cl. The minimum Gasteiger partial charge on any atom is -0.268 e. The topological polar surface area (TPSA) is 20.3 Å². The fourth-order valence-electron chi connectivity index (χ4n) is 2.19. The molecule has 2 aromatic rings. The molecule has 1 heterocycles. The quantitative estimate of drug-likeness (QED) is 0.421. The summed E-state index contributed by atoms with van der Waals surface area (Å²) in [6.07, 6.45) is 1.67. The Hall–Kier alpha value is -1.04. The molecule has 0 spiro atoms. The first-order chi connectivity index (χ1) is 11.4. The molecule has 0 bridgehead atoms. The predicted octanol–water partition coefficient (Wildman–Crippen LogP) is 6.36. The smallest absolute Gasteiger partial charge is 0.268 e. The van der Waals surface area contributed by atoms with Gasteiger partial charge in [0, 0.05) is 20.6 Å². The van der Waals surface area contributed by atoms with Gasteiger partial charge >= 0.3 is 0 Å². The van der Waals surface area contributed by atoms with E-state index in [1.165, 1.54) is 16.7 Å². The Morgan fingerprint density at radius 3 is 2.38 bits per heavy atom. The van der Waals surface area contributed by atoms with Gasteiger partial charge in [0.1, 0.15) is 0 Å². The van der Waals surface area contributed by atoms with E-state index in [-0.39, 0.29) is 5.91 Å². The molecule has 2 nitrogen and oxygen atoms in total. The molecule has 7 heteroatoms. The molecule has 1 fully saturated rings. The Morgan fingerprint density at radius 2 is 1.75 bits per heavy atom. The van der Waals surface area contributed by atoms with Gasteiger partial charge in [-0.3, -0.25) is 9.69 Å². The number of hydrogen-bond donors (Lipinski definition) is 0. The number of amides is 1. The minimum absolute atomic E-state index is 0.221. The summed E-state index contributed by atoms with van der Waals surface area (Å²) in [5.74, 6) is -0.221. The number of anilines is 1. The lowest BCUT2D eigenvalue weighted by atomic mass is 10.2. The number of benzene rings is 2. The zero-order valence-electron chi connectivity index (χ0n) is 12.3. The normalized spacial score (nSPS) is 16.3. The van der Waals surface area contributed by atoms with Crippen LogP contribution in [-0.4, -0.2) is 10.2 Å².